The van der Waals surface area contributed by atoms with Gasteiger partial charge in [0, 0.05) is 38.9 Å². The predicted molar refractivity (Wildman–Crippen MR) is 91.4 cm³/mol. The zero-order chi connectivity index (χ0) is 16.7. The van der Waals surface area contributed by atoms with E-state index in [-0.39, 0.29) is 5.91 Å². The van der Waals surface area contributed by atoms with Crippen LogP contribution >= 0.6 is 0 Å². The van der Waals surface area contributed by atoms with Crippen LogP contribution < -0.4 is 10.2 Å². The van der Waals surface area contributed by atoms with E-state index in [1.807, 2.05) is 32.0 Å². The molecule has 2 heterocycles. The molecule has 128 valence electrons. The number of piperazine rings is 1. The molecule has 1 fully saturated rings. The maximum absolute atomic E-state index is 12.1. The van der Waals surface area contributed by atoms with Gasteiger partial charge in [-0.25, -0.2) is 4.98 Å². The normalized spacial score (nSPS) is 16.4. The number of carbonyl (C=O) groups is 1. The first-order valence-electron chi connectivity index (χ1n) is 8.43. The van der Waals surface area contributed by atoms with E-state index in [0.717, 1.165) is 32.0 Å². The van der Waals surface area contributed by atoms with Gasteiger partial charge in [-0.2, -0.15) is 0 Å². The van der Waals surface area contributed by atoms with Gasteiger partial charge in [0.2, 0.25) is 5.91 Å². The molecule has 0 unspecified atom stereocenters. The number of amides is 1. The molecule has 2 N–H and O–H groups in total. The highest BCUT2D eigenvalue weighted by Crippen LogP contribution is 2.13. The molecule has 0 aliphatic carbocycles. The standard InChI is InChI=1S/C17H28N4O2/c1-3-17(23,4-2)14-19-16(22)13-20-9-11-21(12-10-20)15-7-5-6-8-18-15/h5-8,23H,3-4,9-14H2,1-2H3,(H,19,22). The van der Waals surface area contributed by atoms with Crippen LogP contribution in [0.5, 0.6) is 0 Å². The number of anilines is 1. The Balaban J connectivity index is 1.73. The number of nitrogens with one attached hydrogen (secondary N) is 1. The Bertz CT molecular complexity index is 483. The number of aliphatic hydroxyl groups is 1. The number of nitrogens with zero attached hydrogens (tertiary/aromatic N) is 3. The van der Waals surface area contributed by atoms with E-state index in [1.54, 1.807) is 6.20 Å². The van der Waals surface area contributed by atoms with E-state index in [1.165, 1.54) is 0 Å². The highest BCUT2D eigenvalue weighted by Gasteiger charge is 2.24. The molecule has 0 bridgehead atoms. The summed E-state index contributed by atoms with van der Waals surface area (Å²) in [5, 5.41) is 13.1. The van der Waals surface area contributed by atoms with E-state index < -0.39 is 5.60 Å². The Hall–Kier alpha value is -1.66. The molecule has 0 atom stereocenters. The minimum absolute atomic E-state index is 0.0170. The topological polar surface area (TPSA) is 68.7 Å². The summed E-state index contributed by atoms with van der Waals surface area (Å²) in [4.78, 5) is 20.8. The first-order chi connectivity index (χ1) is 11.1. The Morgan fingerprint density at radius 2 is 1.96 bits per heavy atom. The van der Waals surface area contributed by atoms with Gasteiger partial charge in [-0.3, -0.25) is 9.69 Å². The third kappa shape index (κ3) is 5.18. The molecule has 6 nitrogen and oxygen atoms in total. The summed E-state index contributed by atoms with van der Waals surface area (Å²) in [6.07, 6.45) is 3.09. The van der Waals surface area contributed by atoms with Crippen molar-refractivity contribution in [3.63, 3.8) is 0 Å². The highest BCUT2D eigenvalue weighted by atomic mass is 16.3. The van der Waals surface area contributed by atoms with Crippen LogP contribution in [0.4, 0.5) is 5.82 Å². The fourth-order valence-electron chi connectivity index (χ4n) is 2.70. The number of hydrogen-bond donors (Lipinski definition) is 2. The average molecular weight is 320 g/mol. The first kappa shape index (κ1) is 17.7. The van der Waals surface area contributed by atoms with Crippen LogP contribution in [-0.4, -0.2) is 65.8 Å². The van der Waals surface area contributed by atoms with Crippen molar-refractivity contribution in [2.75, 3.05) is 44.2 Å². The summed E-state index contributed by atoms with van der Waals surface area (Å²) in [5.41, 5.74) is -0.784. The van der Waals surface area contributed by atoms with Crippen molar-refractivity contribution >= 4 is 11.7 Å². The number of pyridine rings is 1. The molecule has 1 aliphatic heterocycles. The summed E-state index contributed by atoms with van der Waals surface area (Å²) >= 11 is 0. The SMILES string of the molecule is CCC(O)(CC)CNC(=O)CN1CCN(c2ccccn2)CC1. The lowest BCUT2D eigenvalue weighted by Crippen LogP contribution is -2.51. The summed E-state index contributed by atoms with van der Waals surface area (Å²) in [5.74, 6) is 0.976. The number of carbonyl (C=O) groups excluding carboxylic acids is 1. The van der Waals surface area contributed by atoms with Gasteiger partial charge in [0.15, 0.2) is 0 Å². The number of hydrogen-bond acceptors (Lipinski definition) is 5. The molecule has 2 rings (SSSR count). The zero-order valence-electron chi connectivity index (χ0n) is 14.2. The van der Waals surface area contributed by atoms with Gasteiger partial charge in [-0.05, 0) is 25.0 Å². The largest absolute Gasteiger partial charge is 0.388 e. The van der Waals surface area contributed by atoms with Gasteiger partial charge in [0.1, 0.15) is 5.82 Å². The molecule has 1 saturated heterocycles. The van der Waals surface area contributed by atoms with Gasteiger partial charge in [-0.15, -0.1) is 0 Å². The van der Waals surface area contributed by atoms with E-state index in [4.69, 9.17) is 0 Å². The number of aromatic nitrogens is 1. The molecule has 0 aromatic carbocycles. The monoisotopic (exact) mass is 320 g/mol. The van der Waals surface area contributed by atoms with Crippen molar-refractivity contribution in [1.82, 2.24) is 15.2 Å². The van der Waals surface area contributed by atoms with Gasteiger partial charge in [0.25, 0.3) is 0 Å². The molecule has 0 radical (unpaired) electrons. The Kier molecular flexibility index (Phi) is 6.36. The fourth-order valence-corrected chi connectivity index (χ4v) is 2.70. The molecule has 1 aromatic heterocycles. The third-order valence-corrected chi connectivity index (χ3v) is 4.64. The van der Waals surface area contributed by atoms with E-state index in [0.29, 0.717) is 25.9 Å². The fraction of sp³-hybridized carbons (Fsp3) is 0.647. The van der Waals surface area contributed by atoms with Gasteiger partial charge in [-0.1, -0.05) is 19.9 Å². The van der Waals surface area contributed by atoms with Crippen LogP contribution in [0, 0.1) is 0 Å². The van der Waals surface area contributed by atoms with Gasteiger partial charge >= 0.3 is 0 Å². The van der Waals surface area contributed by atoms with Gasteiger partial charge < -0.3 is 15.3 Å². The van der Waals surface area contributed by atoms with Crippen LogP contribution in [0.2, 0.25) is 0 Å². The van der Waals surface area contributed by atoms with Crippen molar-refractivity contribution in [1.29, 1.82) is 0 Å². The lowest BCUT2D eigenvalue weighted by molar-refractivity contribution is -0.123. The van der Waals surface area contributed by atoms with Crippen molar-refractivity contribution in [2.24, 2.45) is 0 Å². The molecule has 0 spiro atoms. The summed E-state index contributed by atoms with van der Waals surface area (Å²) in [7, 11) is 0. The van der Waals surface area contributed by atoms with Crippen LogP contribution in [-0.2, 0) is 4.79 Å². The predicted octanol–water partition coefficient (Wildman–Crippen LogP) is 0.871. The Morgan fingerprint density at radius 3 is 2.52 bits per heavy atom. The molecule has 0 saturated carbocycles. The maximum atomic E-state index is 12.1. The van der Waals surface area contributed by atoms with Crippen LogP contribution in [0.15, 0.2) is 24.4 Å². The molecule has 1 amide bonds. The minimum Gasteiger partial charge on any atom is -0.388 e. The van der Waals surface area contributed by atoms with Crippen molar-refractivity contribution in [2.45, 2.75) is 32.3 Å². The second-order valence-corrected chi connectivity index (χ2v) is 6.16. The van der Waals surface area contributed by atoms with Crippen LogP contribution in [0.25, 0.3) is 0 Å². The third-order valence-electron chi connectivity index (χ3n) is 4.64. The first-order valence-corrected chi connectivity index (χ1v) is 8.43. The van der Waals surface area contributed by atoms with E-state index in [2.05, 4.69) is 20.1 Å². The minimum atomic E-state index is -0.784. The molecular formula is C17H28N4O2. The van der Waals surface area contributed by atoms with Crippen molar-refractivity contribution in [3.8, 4) is 0 Å². The highest BCUT2D eigenvalue weighted by molar-refractivity contribution is 5.78. The quantitative estimate of drug-likeness (QED) is 0.780. The Labute approximate surface area is 138 Å². The second-order valence-electron chi connectivity index (χ2n) is 6.16. The van der Waals surface area contributed by atoms with Crippen molar-refractivity contribution in [3.05, 3.63) is 24.4 Å². The maximum Gasteiger partial charge on any atom is 0.234 e. The molecule has 1 aromatic rings. The van der Waals surface area contributed by atoms with Crippen molar-refractivity contribution < 1.29 is 9.90 Å². The smallest absolute Gasteiger partial charge is 0.234 e. The van der Waals surface area contributed by atoms with E-state index >= 15 is 0 Å². The van der Waals surface area contributed by atoms with Gasteiger partial charge in [0.05, 0.1) is 12.1 Å². The van der Waals surface area contributed by atoms with Crippen LogP contribution in [0.1, 0.15) is 26.7 Å². The summed E-state index contributed by atoms with van der Waals surface area (Å²) in [6, 6.07) is 5.92. The molecule has 1 aliphatic rings. The lowest BCUT2D eigenvalue weighted by Gasteiger charge is -2.35. The zero-order valence-corrected chi connectivity index (χ0v) is 14.2. The molecule has 6 heteroatoms. The molecular weight excluding hydrogens is 292 g/mol. The number of rotatable bonds is 7. The Morgan fingerprint density at radius 1 is 1.26 bits per heavy atom. The van der Waals surface area contributed by atoms with E-state index in [9.17, 15) is 9.90 Å². The lowest BCUT2D eigenvalue weighted by atomic mass is 9.98. The van der Waals surface area contributed by atoms with Crippen LogP contribution in [0.3, 0.4) is 0 Å². The average Bonchev–Trinajstić information content (AvgIpc) is 2.61. The second kappa shape index (κ2) is 8.26. The molecule has 23 heavy (non-hydrogen) atoms. The summed E-state index contributed by atoms with van der Waals surface area (Å²) in [6.45, 7) is 8.02. The summed E-state index contributed by atoms with van der Waals surface area (Å²) < 4.78 is 0.